The molecule has 1 amide bonds. The Labute approximate surface area is 143 Å². The van der Waals surface area contributed by atoms with Gasteiger partial charge in [-0.2, -0.15) is 0 Å². The number of fused-ring (bicyclic) bond motifs is 1. The summed E-state index contributed by atoms with van der Waals surface area (Å²) in [4.78, 5) is 18.8. The topological polar surface area (TPSA) is 33.2 Å². The van der Waals surface area contributed by atoms with E-state index in [-0.39, 0.29) is 17.4 Å². The normalized spacial score (nSPS) is 17.2. The van der Waals surface area contributed by atoms with E-state index in [4.69, 9.17) is 0 Å². The minimum Gasteiger partial charge on any atom is -0.337 e. The fraction of sp³-hybridized carbons (Fsp3) is 0.200. The van der Waals surface area contributed by atoms with Crippen molar-refractivity contribution in [2.45, 2.75) is 12.3 Å². The number of carbonyl (C=O) groups is 1. The third-order valence-corrected chi connectivity index (χ3v) is 4.76. The van der Waals surface area contributed by atoms with Crippen LogP contribution in [-0.4, -0.2) is 28.9 Å². The average molecular weight is 338 g/mol. The monoisotopic (exact) mass is 338 g/mol. The maximum absolute atomic E-state index is 14.0. The number of benzene rings is 2. The summed E-state index contributed by atoms with van der Waals surface area (Å²) >= 11 is 0. The fourth-order valence-corrected chi connectivity index (χ4v) is 3.52. The van der Waals surface area contributed by atoms with Crippen LogP contribution in [0.1, 0.15) is 28.4 Å². The van der Waals surface area contributed by atoms with Crippen LogP contribution < -0.4 is 0 Å². The Balaban J connectivity index is 1.62. The Morgan fingerprint density at radius 3 is 2.60 bits per heavy atom. The molecule has 0 saturated carbocycles. The maximum Gasteiger partial charge on any atom is 0.273 e. The zero-order valence-electron chi connectivity index (χ0n) is 13.5. The molecule has 0 unspecified atom stereocenters. The van der Waals surface area contributed by atoms with Crippen molar-refractivity contribution in [3.8, 4) is 0 Å². The van der Waals surface area contributed by atoms with Crippen molar-refractivity contribution in [2.75, 3.05) is 13.1 Å². The minimum atomic E-state index is -0.553. The maximum atomic E-state index is 14.0. The lowest BCUT2D eigenvalue weighted by Gasteiger charge is -2.17. The van der Waals surface area contributed by atoms with Crippen LogP contribution in [0, 0.1) is 11.6 Å². The van der Waals surface area contributed by atoms with Gasteiger partial charge >= 0.3 is 0 Å². The van der Waals surface area contributed by atoms with Gasteiger partial charge in [-0.25, -0.2) is 8.78 Å². The average Bonchev–Trinajstić information content (AvgIpc) is 3.10. The third kappa shape index (κ3) is 2.76. The van der Waals surface area contributed by atoms with Gasteiger partial charge in [0, 0.05) is 36.2 Å². The molecule has 1 atom stereocenters. The number of pyridine rings is 1. The molecule has 3 nitrogen and oxygen atoms in total. The van der Waals surface area contributed by atoms with Gasteiger partial charge in [-0.3, -0.25) is 9.78 Å². The first-order chi connectivity index (χ1) is 12.1. The molecule has 0 bridgehead atoms. The third-order valence-electron chi connectivity index (χ3n) is 4.76. The van der Waals surface area contributed by atoms with Gasteiger partial charge < -0.3 is 4.90 Å². The molecule has 126 valence electrons. The number of nitrogens with zero attached hydrogens (tertiary/aromatic N) is 2. The van der Waals surface area contributed by atoms with Gasteiger partial charge in [-0.1, -0.05) is 30.3 Å². The van der Waals surface area contributed by atoms with E-state index in [1.54, 1.807) is 11.1 Å². The van der Waals surface area contributed by atoms with Crippen LogP contribution in [0.25, 0.3) is 10.8 Å². The molecular weight excluding hydrogens is 322 g/mol. The molecule has 1 aliphatic heterocycles. The molecule has 4 rings (SSSR count). The van der Waals surface area contributed by atoms with E-state index in [0.717, 1.165) is 10.8 Å². The highest BCUT2D eigenvalue weighted by Crippen LogP contribution is 2.32. The Morgan fingerprint density at radius 2 is 1.80 bits per heavy atom. The van der Waals surface area contributed by atoms with Crippen molar-refractivity contribution < 1.29 is 13.6 Å². The number of aromatic nitrogens is 1. The predicted octanol–water partition coefficient (Wildman–Crippen LogP) is 4.14. The van der Waals surface area contributed by atoms with Gasteiger partial charge in [-0.15, -0.1) is 0 Å². The first-order valence-electron chi connectivity index (χ1n) is 8.22. The standard InChI is InChI=1S/C20H16F2N2O/c21-16-6-3-7-17(22)18(16)14-9-11-24(12-14)20(25)19-15-5-2-1-4-13(15)8-10-23-19/h1-8,10,14H,9,11-12H2/t14-/m0/s1. The van der Waals surface area contributed by atoms with E-state index in [1.165, 1.54) is 18.2 Å². The lowest BCUT2D eigenvalue weighted by molar-refractivity contribution is 0.0787. The van der Waals surface area contributed by atoms with Gasteiger partial charge in [0.05, 0.1) is 0 Å². The highest BCUT2D eigenvalue weighted by molar-refractivity contribution is 6.05. The lowest BCUT2D eigenvalue weighted by atomic mass is 9.97. The molecule has 2 heterocycles. The largest absolute Gasteiger partial charge is 0.337 e. The molecule has 5 heteroatoms. The summed E-state index contributed by atoms with van der Waals surface area (Å²) in [5.41, 5.74) is 0.455. The molecule has 0 N–H and O–H groups in total. The quantitative estimate of drug-likeness (QED) is 0.703. The summed E-state index contributed by atoms with van der Waals surface area (Å²) in [7, 11) is 0. The molecule has 0 aliphatic carbocycles. The minimum absolute atomic E-state index is 0.0729. The molecule has 1 fully saturated rings. The first-order valence-corrected chi connectivity index (χ1v) is 8.22. The van der Waals surface area contributed by atoms with Crippen molar-refractivity contribution in [1.29, 1.82) is 0 Å². The number of hydrogen-bond acceptors (Lipinski definition) is 2. The van der Waals surface area contributed by atoms with E-state index >= 15 is 0 Å². The number of hydrogen-bond donors (Lipinski definition) is 0. The second kappa shape index (κ2) is 6.24. The summed E-state index contributed by atoms with van der Waals surface area (Å²) in [6.45, 7) is 0.754. The highest BCUT2D eigenvalue weighted by Gasteiger charge is 2.32. The molecule has 25 heavy (non-hydrogen) atoms. The van der Waals surface area contributed by atoms with Gasteiger partial charge in [0.2, 0.25) is 0 Å². The summed E-state index contributed by atoms with van der Waals surface area (Å²) in [5.74, 6) is -1.64. The summed E-state index contributed by atoms with van der Waals surface area (Å²) in [6, 6.07) is 13.3. The second-order valence-corrected chi connectivity index (χ2v) is 6.25. The van der Waals surface area contributed by atoms with Crippen LogP contribution in [0.15, 0.2) is 54.7 Å². The Kier molecular flexibility index (Phi) is 3.92. The number of amides is 1. The molecule has 0 radical (unpaired) electrons. The van der Waals surface area contributed by atoms with Crippen LogP contribution in [0.5, 0.6) is 0 Å². The second-order valence-electron chi connectivity index (χ2n) is 6.25. The summed E-state index contributed by atoms with van der Waals surface area (Å²) in [5, 5.41) is 1.73. The Hall–Kier alpha value is -2.82. The van der Waals surface area contributed by atoms with Crippen molar-refractivity contribution in [3.05, 3.63) is 77.6 Å². The van der Waals surface area contributed by atoms with Gasteiger partial charge in [0.1, 0.15) is 17.3 Å². The van der Waals surface area contributed by atoms with E-state index in [9.17, 15) is 13.6 Å². The first kappa shape index (κ1) is 15.7. The Morgan fingerprint density at radius 1 is 1.04 bits per heavy atom. The molecular formula is C20H16F2N2O. The zero-order valence-corrected chi connectivity index (χ0v) is 13.5. The van der Waals surface area contributed by atoms with Gasteiger partial charge in [0.25, 0.3) is 5.91 Å². The smallest absolute Gasteiger partial charge is 0.273 e. The number of carbonyl (C=O) groups excluding carboxylic acids is 1. The van der Waals surface area contributed by atoms with Crippen molar-refractivity contribution in [3.63, 3.8) is 0 Å². The molecule has 1 aliphatic rings. The summed E-state index contributed by atoms with van der Waals surface area (Å²) < 4.78 is 28.0. The molecule has 3 aromatic rings. The molecule has 1 aromatic heterocycles. The van der Waals surface area contributed by atoms with Crippen LogP contribution in [0.2, 0.25) is 0 Å². The van der Waals surface area contributed by atoms with E-state index in [2.05, 4.69) is 4.98 Å². The number of halogens is 2. The van der Waals surface area contributed by atoms with Crippen molar-refractivity contribution in [1.82, 2.24) is 9.88 Å². The van der Waals surface area contributed by atoms with E-state index < -0.39 is 11.6 Å². The fourth-order valence-electron chi connectivity index (χ4n) is 3.52. The van der Waals surface area contributed by atoms with Crippen LogP contribution >= 0.6 is 0 Å². The van der Waals surface area contributed by atoms with E-state index in [1.807, 2.05) is 30.3 Å². The van der Waals surface area contributed by atoms with Crippen LogP contribution in [-0.2, 0) is 0 Å². The zero-order chi connectivity index (χ0) is 17.4. The number of rotatable bonds is 2. The van der Waals surface area contributed by atoms with Crippen LogP contribution in [0.4, 0.5) is 8.78 Å². The van der Waals surface area contributed by atoms with E-state index in [0.29, 0.717) is 25.2 Å². The summed E-state index contributed by atoms with van der Waals surface area (Å²) in [6.07, 6.45) is 2.15. The van der Waals surface area contributed by atoms with Crippen LogP contribution in [0.3, 0.4) is 0 Å². The molecule has 2 aromatic carbocycles. The lowest BCUT2D eigenvalue weighted by Crippen LogP contribution is -2.29. The van der Waals surface area contributed by atoms with Crippen molar-refractivity contribution in [2.24, 2.45) is 0 Å². The number of likely N-dealkylation sites (tertiary alicyclic amines) is 1. The molecule has 1 saturated heterocycles. The van der Waals surface area contributed by atoms with Gasteiger partial charge in [0.15, 0.2) is 0 Å². The molecule has 0 spiro atoms. The Bertz CT molecular complexity index is 932. The van der Waals surface area contributed by atoms with Gasteiger partial charge in [-0.05, 0) is 30.0 Å². The SMILES string of the molecule is O=C(c1nccc2ccccc12)N1CC[C@H](c2c(F)cccc2F)C1. The van der Waals surface area contributed by atoms with Crippen molar-refractivity contribution >= 4 is 16.7 Å². The highest BCUT2D eigenvalue weighted by atomic mass is 19.1. The predicted molar refractivity (Wildman–Crippen MR) is 91.4 cm³/mol.